The first kappa shape index (κ1) is 14.9. The van der Waals surface area contributed by atoms with Crippen molar-refractivity contribution in [2.45, 2.75) is 38.0 Å². The van der Waals surface area contributed by atoms with Gasteiger partial charge in [0, 0.05) is 6.42 Å². The number of esters is 1. The molecule has 1 saturated heterocycles. The quantitative estimate of drug-likeness (QED) is 0.515. The van der Waals surface area contributed by atoms with Crippen molar-refractivity contribution >= 4 is 11.9 Å². The number of hydrogen-bond donors (Lipinski definition) is 2. The van der Waals surface area contributed by atoms with Gasteiger partial charge in [-0.3, -0.25) is 4.79 Å². The fourth-order valence-corrected chi connectivity index (χ4v) is 2.23. The Hall–Kier alpha value is -1.14. The first-order valence-electron chi connectivity index (χ1n) is 6.07. The van der Waals surface area contributed by atoms with Crippen molar-refractivity contribution in [1.82, 2.24) is 5.32 Å². The zero-order valence-electron chi connectivity index (χ0n) is 11.7. The number of nitrogens with zero attached hydrogens (tertiary/aromatic N) is 1. The third-order valence-corrected chi connectivity index (χ3v) is 2.68. The molecule has 1 aliphatic rings. The van der Waals surface area contributed by atoms with Gasteiger partial charge >= 0.3 is 5.97 Å². The number of carbonyl (C=O) groups excluding carboxylic acids is 2. The minimum absolute atomic E-state index is 0.0624. The summed E-state index contributed by atoms with van der Waals surface area (Å²) in [5.74, 6) is -0.986. The van der Waals surface area contributed by atoms with Gasteiger partial charge in [0.25, 0.3) is 0 Å². The number of hydrogen-bond acceptors (Lipinski definition) is 4. The van der Waals surface area contributed by atoms with Crippen LogP contribution in [0.15, 0.2) is 0 Å². The van der Waals surface area contributed by atoms with Gasteiger partial charge in [-0.1, -0.05) is 0 Å². The molecule has 6 heteroatoms. The molecule has 0 aliphatic carbocycles. The van der Waals surface area contributed by atoms with Gasteiger partial charge in [0.05, 0.1) is 27.2 Å². The molecule has 104 valence electrons. The summed E-state index contributed by atoms with van der Waals surface area (Å²) in [6.45, 7) is 3.89. The van der Waals surface area contributed by atoms with Crippen LogP contribution in [0.4, 0.5) is 0 Å². The zero-order valence-corrected chi connectivity index (χ0v) is 11.7. The van der Waals surface area contributed by atoms with E-state index in [0.29, 0.717) is 11.0 Å². The Morgan fingerprint density at radius 3 is 2.44 bits per heavy atom. The molecule has 18 heavy (non-hydrogen) atoms. The molecule has 1 fully saturated rings. The van der Waals surface area contributed by atoms with Crippen LogP contribution in [-0.2, 0) is 14.3 Å². The number of ether oxygens (including phenoxy) is 1. The number of amides is 1. The lowest BCUT2D eigenvalue weighted by atomic mass is 9.95. The van der Waals surface area contributed by atoms with Gasteiger partial charge in [-0.2, -0.15) is 0 Å². The predicted octanol–water partition coefficient (Wildman–Crippen LogP) is -0.736. The summed E-state index contributed by atoms with van der Waals surface area (Å²) in [6.07, 6.45) is -1.33. The lowest BCUT2D eigenvalue weighted by Crippen LogP contribution is -2.60. The van der Waals surface area contributed by atoms with Crippen molar-refractivity contribution in [3.63, 3.8) is 0 Å². The average molecular weight is 259 g/mol. The van der Waals surface area contributed by atoms with Gasteiger partial charge in [0.2, 0.25) is 5.91 Å². The normalized spacial score (nSPS) is 28.4. The first-order valence-corrected chi connectivity index (χ1v) is 6.07. The van der Waals surface area contributed by atoms with Crippen molar-refractivity contribution in [3.05, 3.63) is 0 Å². The molecule has 0 saturated carbocycles. The van der Waals surface area contributed by atoms with Gasteiger partial charge in [0.15, 0.2) is 5.54 Å². The zero-order chi connectivity index (χ0) is 14.1. The van der Waals surface area contributed by atoms with Crippen LogP contribution in [0.3, 0.4) is 0 Å². The molecule has 0 aromatic rings. The standard InChI is InChI=1S/C12H22N2O4/c1-8(2)18-11(17)12(7-14(3,4)5)6-9(15)10(16)13-12/h8-9,15H,6-7H2,1-5H3/p+1/t9-,12+/m0/s1. The maximum atomic E-state index is 12.2. The second kappa shape index (κ2) is 4.85. The second-order valence-corrected chi connectivity index (χ2v) is 6.19. The van der Waals surface area contributed by atoms with Crippen LogP contribution in [-0.4, -0.2) is 66.9 Å². The fraction of sp³-hybridized carbons (Fsp3) is 0.833. The van der Waals surface area contributed by atoms with Crippen LogP contribution in [0.5, 0.6) is 0 Å². The highest BCUT2D eigenvalue weighted by Crippen LogP contribution is 2.25. The summed E-state index contributed by atoms with van der Waals surface area (Å²) in [5, 5.41) is 12.2. The lowest BCUT2D eigenvalue weighted by molar-refractivity contribution is -0.873. The Balaban J connectivity index is 2.96. The number of likely N-dealkylation sites (N-methyl/N-ethyl adjacent to an activating group) is 1. The molecule has 0 radical (unpaired) electrons. The Morgan fingerprint density at radius 2 is 2.11 bits per heavy atom. The van der Waals surface area contributed by atoms with Crippen LogP contribution < -0.4 is 5.32 Å². The smallest absolute Gasteiger partial charge is 0.338 e. The van der Waals surface area contributed by atoms with E-state index in [-0.39, 0.29) is 12.5 Å². The van der Waals surface area contributed by atoms with Gasteiger partial charge in [0.1, 0.15) is 12.6 Å². The summed E-state index contributed by atoms with van der Waals surface area (Å²) >= 11 is 0. The maximum Gasteiger partial charge on any atom is 0.338 e. The molecule has 2 atom stereocenters. The highest BCUT2D eigenvalue weighted by Gasteiger charge is 2.53. The number of nitrogens with one attached hydrogen (secondary N) is 1. The van der Waals surface area contributed by atoms with Crippen molar-refractivity contribution in [2.24, 2.45) is 0 Å². The predicted molar refractivity (Wildman–Crippen MR) is 65.6 cm³/mol. The molecule has 1 rings (SSSR count). The molecule has 0 bridgehead atoms. The van der Waals surface area contributed by atoms with Gasteiger partial charge in [-0.05, 0) is 13.8 Å². The molecular weight excluding hydrogens is 236 g/mol. The molecule has 0 aromatic heterocycles. The van der Waals surface area contributed by atoms with E-state index in [2.05, 4.69) is 5.32 Å². The Kier molecular flexibility index (Phi) is 4.02. The van der Waals surface area contributed by atoms with Crippen LogP contribution in [0, 0.1) is 0 Å². The van der Waals surface area contributed by atoms with E-state index in [0.717, 1.165) is 0 Å². The van der Waals surface area contributed by atoms with E-state index < -0.39 is 23.5 Å². The molecular formula is C12H23N2O4+. The van der Waals surface area contributed by atoms with Crippen molar-refractivity contribution < 1.29 is 23.9 Å². The summed E-state index contributed by atoms with van der Waals surface area (Å²) < 4.78 is 5.69. The second-order valence-electron chi connectivity index (χ2n) is 6.19. The molecule has 0 unspecified atom stereocenters. The summed E-state index contributed by atoms with van der Waals surface area (Å²) in [5.41, 5.74) is -1.13. The van der Waals surface area contributed by atoms with E-state index in [1.54, 1.807) is 13.8 Å². The van der Waals surface area contributed by atoms with Crippen LogP contribution >= 0.6 is 0 Å². The molecule has 6 nitrogen and oxygen atoms in total. The molecule has 0 spiro atoms. The molecule has 2 N–H and O–H groups in total. The fourth-order valence-electron chi connectivity index (χ4n) is 2.23. The number of aliphatic hydroxyl groups is 1. The minimum atomic E-state index is -1.14. The average Bonchev–Trinajstić information content (AvgIpc) is 2.38. The maximum absolute atomic E-state index is 12.2. The number of rotatable bonds is 4. The topological polar surface area (TPSA) is 75.6 Å². The van der Waals surface area contributed by atoms with Crippen LogP contribution in [0.1, 0.15) is 20.3 Å². The van der Waals surface area contributed by atoms with Crippen LogP contribution in [0.2, 0.25) is 0 Å². The summed E-state index contributed by atoms with van der Waals surface area (Å²) in [6, 6.07) is 0. The van der Waals surface area contributed by atoms with E-state index in [4.69, 9.17) is 4.74 Å². The summed E-state index contributed by atoms with van der Waals surface area (Å²) in [4.78, 5) is 23.7. The van der Waals surface area contributed by atoms with Crippen molar-refractivity contribution in [2.75, 3.05) is 27.7 Å². The third-order valence-electron chi connectivity index (χ3n) is 2.68. The SMILES string of the molecule is CC(C)OC(=O)[C@]1(C[N+](C)(C)C)C[C@H](O)C(=O)N1. The van der Waals surface area contributed by atoms with Crippen molar-refractivity contribution in [1.29, 1.82) is 0 Å². The van der Waals surface area contributed by atoms with Crippen molar-refractivity contribution in [3.8, 4) is 0 Å². The third kappa shape index (κ3) is 3.43. The van der Waals surface area contributed by atoms with E-state index in [1.807, 2.05) is 21.1 Å². The molecule has 1 aliphatic heterocycles. The Labute approximate surface area is 107 Å². The Bertz CT molecular complexity index is 348. The van der Waals surface area contributed by atoms with Gasteiger partial charge in [-0.15, -0.1) is 0 Å². The number of quaternary nitrogens is 1. The summed E-state index contributed by atoms with van der Waals surface area (Å²) in [7, 11) is 5.75. The number of aliphatic hydroxyl groups excluding tert-OH is 1. The minimum Gasteiger partial charge on any atom is -0.461 e. The molecule has 0 aromatic carbocycles. The monoisotopic (exact) mass is 259 g/mol. The molecule has 1 heterocycles. The van der Waals surface area contributed by atoms with E-state index in [1.165, 1.54) is 0 Å². The number of carbonyl (C=O) groups is 2. The highest BCUT2D eigenvalue weighted by atomic mass is 16.5. The van der Waals surface area contributed by atoms with E-state index >= 15 is 0 Å². The van der Waals surface area contributed by atoms with Gasteiger partial charge in [-0.25, -0.2) is 4.79 Å². The highest BCUT2D eigenvalue weighted by molar-refractivity contribution is 5.94. The Morgan fingerprint density at radius 1 is 1.56 bits per heavy atom. The first-order chi connectivity index (χ1) is 8.06. The largest absolute Gasteiger partial charge is 0.461 e. The van der Waals surface area contributed by atoms with Crippen LogP contribution in [0.25, 0.3) is 0 Å². The lowest BCUT2D eigenvalue weighted by Gasteiger charge is -2.35. The van der Waals surface area contributed by atoms with E-state index in [9.17, 15) is 14.7 Å². The molecule has 1 amide bonds. The van der Waals surface area contributed by atoms with Gasteiger partial charge < -0.3 is 19.6 Å².